The number of benzene rings is 1. The topological polar surface area (TPSA) is 87.7 Å². The van der Waals surface area contributed by atoms with Gasteiger partial charge in [-0.05, 0) is 31.9 Å². The van der Waals surface area contributed by atoms with Crippen molar-refractivity contribution in [3.8, 4) is 5.75 Å². The summed E-state index contributed by atoms with van der Waals surface area (Å²) in [5.41, 5.74) is 1.36. The number of nitrogens with zero attached hydrogens (tertiary/aromatic N) is 1. The van der Waals surface area contributed by atoms with E-state index in [9.17, 15) is 18.8 Å². The highest BCUT2D eigenvalue weighted by Gasteiger charge is 2.52. The Kier molecular flexibility index (Phi) is 4.61. The van der Waals surface area contributed by atoms with Crippen molar-refractivity contribution in [2.24, 2.45) is 0 Å². The first-order chi connectivity index (χ1) is 11.9. The number of para-hydroxylation sites is 1. The Morgan fingerprint density at radius 2 is 1.96 bits per heavy atom. The second-order valence-electron chi connectivity index (χ2n) is 6.38. The van der Waals surface area contributed by atoms with Crippen LogP contribution in [0.15, 0.2) is 24.3 Å². The van der Waals surface area contributed by atoms with E-state index in [0.717, 1.165) is 19.3 Å². The van der Waals surface area contributed by atoms with Crippen molar-refractivity contribution in [3.63, 3.8) is 0 Å². The lowest BCUT2D eigenvalue weighted by Gasteiger charge is -2.30. The highest BCUT2D eigenvalue weighted by molar-refractivity contribution is 6.08. The first kappa shape index (κ1) is 17.2. The minimum Gasteiger partial charge on any atom is -0.478 e. The van der Waals surface area contributed by atoms with Gasteiger partial charge in [-0.3, -0.25) is 15.0 Å². The van der Waals surface area contributed by atoms with Crippen molar-refractivity contribution in [2.45, 2.75) is 50.7 Å². The quantitative estimate of drug-likeness (QED) is 0.813. The van der Waals surface area contributed by atoms with Gasteiger partial charge < -0.3 is 10.1 Å². The van der Waals surface area contributed by atoms with Crippen LogP contribution >= 0.6 is 0 Å². The zero-order chi connectivity index (χ0) is 18.0. The molecule has 2 fully saturated rings. The summed E-state index contributed by atoms with van der Waals surface area (Å²) in [7, 11) is 0. The van der Waals surface area contributed by atoms with E-state index in [2.05, 4.69) is 10.7 Å². The summed E-state index contributed by atoms with van der Waals surface area (Å²) >= 11 is 0. The number of carbonyl (C=O) groups is 3. The van der Waals surface area contributed by atoms with E-state index in [1.807, 2.05) is 0 Å². The number of imide groups is 1. The van der Waals surface area contributed by atoms with Crippen LogP contribution in [0.1, 0.15) is 39.0 Å². The number of hydrogen-bond donors (Lipinski definition) is 2. The van der Waals surface area contributed by atoms with Crippen molar-refractivity contribution < 1.29 is 23.5 Å². The average molecular weight is 349 g/mol. The van der Waals surface area contributed by atoms with E-state index in [0.29, 0.717) is 17.9 Å². The third kappa shape index (κ3) is 3.29. The number of rotatable bonds is 4. The van der Waals surface area contributed by atoms with Gasteiger partial charge >= 0.3 is 6.03 Å². The molecule has 1 spiro atoms. The summed E-state index contributed by atoms with van der Waals surface area (Å²) in [4.78, 5) is 36.9. The number of nitrogens with one attached hydrogen (secondary N) is 2. The average Bonchev–Trinajstić information content (AvgIpc) is 2.81. The molecule has 3 rings (SSSR count). The van der Waals surface area contributed by atoms with E-state index in [1.54, 1.807) is 6.07 Å². The van der Waals surface area contributed by atoms with E-state index in [1.165, 1.54) is 25.1 Å². The molecule has 1 saturated carbocycles. The summed E-state index contributed by atoms with van der Waals surface area (Å²) in [5.74, 6) is -1.84. The lowest BCUT2D eigenvalue weighted by molar-refractivity contribution is -0.142. The molecule has 1 aliphatic carbocycles. The molecule has 2 N–H and O–H groups in total. The van der Waals surface area contributed by atoms with E-state index in [4.69, 9.17) is 4.74 Å². The van der Waals surface area contributed by atoms with Crippen molar-refractivity contribution in [2.75, 3.05) is 0 Å². The SMILES string of the molecule is C[C@@H](Oc1ccccc1F)C(=O)NN1C(=O)NC2(CCCCC2)C1=O. The number of hydrazine groups is 1. The lowest BCUT2D eigenvalue weighted by Crippen LogP contribution is -2.53. The molecule has 1 aliphatic heterocycles. The van der Waals surface area contributed by atoms with Crippen LogP contribution in [-0.2, 0) is 9.59 Å². The Bertz CT molecular complexity index is 703. The van der Waals surface area contributed by atoms with Gasteiger partial charge in [-0.1, -0.05) is 31.4 Å². The van der Waals surface area contributed by atoms with Crippen LogP contribution in [0.25, 0.3) is 0 Å². The molecule has 4 amide bonds. The number of hydrogen-bond acceptors (Lipinski definition) is 4. The molecule has 25 heavy (non-hydrogen) atoms. The van der Waals surface area contributed by atoms with E-state index >= 15 is 0 Å². The van der Waals surface area contributed by atoms with Gasteiger partial charge in [-0.25, -0.2) is 9.18 Å². The van der Waals surface area contributed by atoms with Crippen LogP contribution in [0.3, 0.4) is 0 Å². The maximum atomic E-state index is 13.6. The predicted molar refractivity (Wildman–Crippen MR) is 85.8 cm³/mol. The highest BCUT2D eigenvalue weighted by Crippen LogP contribution is 2.33. The lowest BCUT2D eigenvalue weighted by atomic mass is 9.82. The first-order valence-electron chi connectivity index (χ1n) is 8.31. The standard InChI is InChI=1S/C17H20FN3O4/c1-11(25-13-8-4-3-7-12(13)18)14(22)20-21-15(23)17(19-16(21)24)9-5-2-6-10-17/h3-4,7-8,11H,2,5-6,9-10H2,1H3,(H,19,24)(H,20,22)/t11-/m1/s1. The first-order valence-corrected chi connectivity index (χ1v) is 8.31. The zero-order valence-corrected chi connectivity index (χ0v) is 13.9. The molecule has 1 heterocycles. The third-order valence-electron chi connectivity index (χ3n) is 4.60. The van der Waals surface area contributed by atoms with E-state index in [-0.39, 0.29) is 5.75 Å². The Balaban J connectivity index is 1.65. The van der Waals surface area contributed by atoms with Crippen LogP contribution in [0.2, 0.25) is 0 Å². The maximum Gasteiger partial charge on any atom is 0.344 e. The molecular weight excluding hydrogens is 329 g/mol. The third-order valence-corrected chi connectivity index (χ3v) is 4.60. The minimum atomic E-state index is -1.08. The van der Waals surface area contributed by atoms with Gasteiger partial charge in [0.05, 0.1) is 0 Å². The molecule has 0 bridgehead atoms. The predicted octanol–water partition coefficient (Wildman–Crippen LogP) is 1.88. The molecule has 0 radical (unpaired) electrons. The van der Waals surface area contributed by atoms with Crippen molar-refractivity contribution in [1.82, 2.24) is 15.8 Å². The number of ether oxygens (including phenoxy) is 1. The fourth-order valence-corrected chi connectivity index (χ4v) is 3.20. The maximum absolute atomic E-state index is 13.6. The minimum absolute atomic E-state index is 0.0777. The normalized spacial score (nSPS) is 20.3. The van der Waals surface area contributed by atoms with Gasteiger partial charge in [-0.2, -0.15) is 5.01 Å². The monoisotopic (exact) mass is 349 g/mol. The summed E-state index contributed by atoms with van der Waals surface area (Å²) in [6.07, 6.45) is 2.75. The van der Waals surface area contributed by atoms with E-state index < -0.39 is 35.3 Å². The summed E-state index contributed by atoms with van der Waals surface area (Å²) in [6, 6.07) is 5.03. The van der Waals surface area contributed by atoms with Crippen molar-refractivity contribution in [3.05, 3.63) is 30.1 Å². The van der Waals surface area contributed by atoms with Gasteiger partial charge in [-0.15, -0.1) is 0 Å². The fraction of sp³-hybridized carbons (Fsp3) is 0.471. The highest BCUT2D eigenvalue weighted by atomic mass is 19.1. The van der Waals surface area contributed by atoms with Crippen LogP contribution in [0.5, 0.6) is 5.75 Å². The summed E-state index contributed by atoms with van der Waals surface area (Å²) < 4.78 is 18.9. The summed E-state index contributed by atoms with van der Waals surface area (Å²) in [5, 5.41) is 3.40. The van der Waals surface area contributed by atoms with Gasteiger partial charge in [0, 0.05) is 0 Å². The molecule has 2 aliphatic rings. The number of carbonyl (C=O) groups excluding carboxylic acids is 3. The van der Waals surface area contributed by atoms with Gasteiger partial charge in [0.1, 0.15) is 5.54 Å². The molecule has 1 saturated heterocycles. The Morgan fingerprint density at radius 1 is 1.28 bits per heavy atom. The second-order valence-corrected chi connectivity index (χ2v) is 6.38. The Hall–Kier alpha value is -2.64. The smallest absolute Gasteiger partial charge is 0.344 e. The molecular formula is C17H20FN3O4. The molecule has 1 aromatic rings. The molecule has 0 aromatic heterocycles. The largest absolute Gasteiger partial charge is 0.478 e. The van der Waals surface area contributed by atoms with Crippen LogP contribution in [0, 0.1) is 5.82 Å². The Morgan fingerprint density at radius 3 is 2.64 bits per heavy atom. The molecule has 1 atom stereocenters. The molecule has 1 aromatic carbocycles. The molecule has 134 valence electrons. The Labute approximate surface area is 144 Å². The number of halogens is 1. The molecule has 7 nitrogen and oxygen atoms in total. The van der Waals surface area contributed by atoms with Crippen LogP contribution < -0.4 is 15.5 Å². The van der Waals surface area contributed by atoms with Crippen LogP contribution in [-0.4, -0.2) is 34.5 Å². The molecule has 8 heteroatoms. The van der Waals surface area contributed by atoms with Crippen molar-refractivity contribution in [1.29, 1.82) is 0 Å². The van der Waals surface area contributed by atoms with Gasteiger partial charge in [0.15, 0.2) is 17.7 Å². The van der Waals surface area contributed by atoms with Gasteiger partial charge in [0.25, 0.3) is 11.8 Å². The second kappa shape index (κ2) is 6.70. The molecule has 0 unspecified atom stereocenters. The van der Waals surface area contributed by atoms with Gasteiger partial charge in [0.2, 0.25) is 0 Å². The summed E-state index contributed by atoms with van der Waals surface area (Å²) in [6.45, 7) is 1.41. The van der Waals surface area contributed by atoms with Crippen molar-refractivity contribution >= 4 is 17.8 Å². The zero-order valence-electron chi connectivity index (χ0n) is 13.9. The number of urea groups is 1. The van der Waals surface area contributed by atoms with Crippen LogP contribution in [0.4, 0.5) is 9.18 Å². The number of amides is 4. The fourth-order valence-electron chi connectivity index (χ4n) is 3.20.